The standard InChI is InChI=1S/C6H4BrF3N2O/c7-3-2-11-12-4(3)1-5(13)6(8,9)10/h2H,1H2,(H,11,12). The second-order valence-electron chi connectivity index (χ2n) is 2.29. The number of nitrogens with zero attached hydrogens (tertiary/aromatic N) is 1. The molecule has 0 amide bonds. The molecule has 1 heterocycles. The predicted octanol–water partition coefficient (Wildman–Crippen LogP) is 1.85. The average molecular weight is 257 g/mol. The Balaban J connectivity index is 2.71. The molecular formula is C6H4BrF3N2O. The topological polar surface area (TPSA) is 45.8 Å². The van der Waals surface area contributed by atoms with Crippen molar-refractivity contribution < 1.29 is 18.0 Å². The van der Waals surface area contributed by atoms with Gasteiger partial charge in [-0.3, -0.25) is 9.89 Å². The molecule has 0 bridgehead atoms. The molecule has 1 rings (SSSR count). The van der Waals surface area contributed by atoms with Crippen molar-refractivity contribution in [1.82, 2.24) is 10.2 Å². The van der Waals surface area contributed by atoms with Gasteiger partial charge in [0, 0.05) is 0 Å². The number of aromatic amines is 1. The van der Waals surface area contributed by atoms with Gasteiger partial charge in [0.1, 0.15) is 0 Å². The van der Waals surface area contributed by atoms with Gasteiger partial charge in [0.15, 0.2) is 0 Å². The second-order valence-corrected chi connectivity index (χ2v) is 3.15. The number of aromatic nitrogens is 2. The molecule has 0 unspecified atom stereocenters. The van der Waals surface area contributed by atoms with E-state index in [1.54, 1.807) is 0 Å². The molecule has 0 saturated heterocycles. The maximum absolute atomic E-state index is 11.8. The number of H-pyrrole nitrogens is 1. The first kappa shape index (κ1) is 10.2. The number of rotatable bonds is 2. The summed E-state index contributed by atoms with van der Waals surface area (Å²) in [5.41, 5.74) is 0.127. The zero-order chi connectivity index (χ0) is 10.1. The maximum Gasteiger partial charge on any atom is 0.450 e. The van der Waals surface area contributed by atoms with Crippen LogP contribution in [0.15, 0.2) is 10.7 Å². The first-order valence-electron chi connectivity index (χ1n) is 3.19. The summed E-state index contributed by atoms with van der Waals surface area (Å²) in [5, 5.41) is 5.76. The zero-order valence-electron chi connectivity index (χ0n) is 6.15. The fourth-order valence-corrected chi connectivity index (χ4v) is 1.01. The highest BCUT2D eigenvalue weighted by Crippen LogP contribution is 2.21. The number of nitrogens with one attached hydrogen (secondary N) is 1. The highest BCUT2D eigenvalue weighted by Gasteiger charge is 2.38. The van der Waals surface area contributed by atoms with E-state index in [9.17, 15) is 18.0 Å². The van der Waals surface area contributed by atoms with E-state index in [-0.39, 0.29) is 5.69 Å². The van der Waals surface area contributed by atoms with Crippen LogP contribution in [0.25, 0.3) is 0 Å². The van der Waals surface area contributed by atoms with Crippen LogP contribution in [0.5, 0.6) is 0 Å². The van der Waals surface area contributed by atoms with Gasteiger partial charge in [-0.15, -0.1) is 0 Å². The number of alkyl halides is 3. The Morgan fingerprint density at radius 1 is 1.62 bits per heavy atom. The molecule has 0 radical (unpaired) electrons. The van der Waals surface area contributed by atoms with E-state index in [4.69, 9.17) is 0 Å². The van der Waals surface area contributed by atoms with E-state index in [0.717, 1.165) is 0 Å². The number of carbonyl (C=O) groups is 1. The van der Waals surface area contributed by atoms with Crippen molar-refractivity contribution in [2.24, 2.45) is 0 Å². The smallest absolute Gasteiger partial charge is 0.289 e. The van der Waals surface area contributed by atoms with Crippen LogP contribution in [0, 0.1) is 0 Å². The molecule has 0 saturated carbocycles. The molecule has 13 heavy (non-hydrogen) atoms. The van der Waals surface area contributed by atoms with Gasteiger partial charge in [0.05, 0.1) is 22.8 Å². The lowest BCUT2D eigenvalue weighted by Crippen LogP contribution is -2.24. The SMILES string of the molecule is O=C(Cc1[nH]ncc1Br)C(F)(F)F. The molecule has 0 atom stereocenters. The van der Waals surface area contributed by atoms with E-state index in [2.05, 4.69) is 26.1 Å². The van der Waals surface area contributed by atoms with Gasteiger partial charge in [-0.1, -0.05) is 0 Å². The summed E-state index contributed by atoms with van der Waals surface area (Å²) < 4.78 is 35.7. The highest BCUT2D eigenvalue weighted by molar-refractivity contribution is 9.10. The fourth-order valence-electron chi connectivity index (χ4n) is 0.683. The van der Waals surface area contributed by atoms with Gasteiger partial charge in [-0.05, 0) is 15.9 Å². The number of Topliss-reactive ketones (excluding diaryl/α,β-unsaturated/α-hetero) is 1. The van der Waals surface area contributed by atoms with Crippen LogP contribution in [0.1, 0.15) is 5.69 Å². The number of hydrogen-bond acceptors (Lipinski definition) is 2. The monoisotopic (exact) mass is 256 g/mol. The molecule has 0 aliphatic rings. The van der Waals surface area contributed by atoms with Crippen LogP contribution in [0.4, 0.5) is 13.2 Å². The Labute approximate surface area is 79.4 Å². The summed E-state index contributed by atoms with van der Waals surface area (Å²) >= 11 is 2.95. The van der Waals surface area contributed by atoms with Crippen LogP contribution < -0.4 is 0 Å². The van der Waals surface area contributed by atoms with Crippen LogP contribution in [-0.4, -0.2) is 22.2 Å². The first-order valence-corrected chi connectivity index (χ1v) is 3.98. The molecule has 3 nitrogen and oxygen atoms in total. The Morgan fingerprint density at radius 3 is 2.62 bits per heavy atom. The number of ketones is 1. The highest BCUT2D eigenvalue weighted by atomic mass is 79.9. The third-order valence-electron chi connectivity index (χ3n) is 1.32. The van der Waals surface area contributed by atoms with Gasteiger partial charge in [0.2, 0.25) is 5.78 Å². The average Bonchev–Trinajstić information content (AvgIpc) is 2.34. The van der Waals surface area contributed by atoms with Crippen molar-refractivity contribution in [3.63, 3.8) is 0 Å². The number of halogens is 4. The minimum Gasteiger partial charge on any atom is -0.289 e. The molecule has 0 spiro atoms. The second kappa shape index (κ2) is 3.49. The number of hydrogen-bond donors (Lipinski definition) is 1. The molecule has 0 aliphatic carbocycles. The molecule has 0 aromatic carbocycles. The lowest BCUT2D eigenvalue weighted by Gasteiger charge is -2.03. The largest absolute Gasteiger partial charge is 0.450 e. The summed E-state index contributed by atoms with van der Waals surface area (Å²) in [5.74, 6) is -1.79. The Kier molecular flexibility index (Phi) is 2.74. The van der Waals surface area contributed by atoms with E-state index < -0.39 is 18.4 Å². The van der Waals surface area contributed by atoms with Crippen molar-refractivity contribution in [3.8, 4) is 0 Å². The van der Waals surface area contributed by atoms with Crippen molar-refractivity contribution in [2.45, 2.75) is 12.6 Å². The van der Waals surface area contributed by atoms with Gasteiger partial charge in [-0.25, -0.2) is 0 Å². The molecule has 0 fully saturated rings. The summed E-state index contributed by atoms with van der Waals surface area (Å²) in [6.07, 6.45) is -4.21. The predicted molar refractivity (Wildman–Crippen MR) is 41.1 cm³/mol. The summed E-state index contributed by atoms with van der Waals surface area (Å²) in [7, 11) is 0. The molecule has 0 aliphatic heterocycles. The lowest BCUT2D eigenvalue weighted by molar-refractivity contribution is -0.170. The van der Waals surface area contributed by atoms with E-state index >= 15 is 0 Å². The maximum atomic E-state index is 11.8. The molecule has 7 heteroatoms. The molecular weight excluding hydrogens is 253 g/mol. The van der Waals surface area contributed by atoms with E-state index in [1.165, 1.54) is 6.20 Å². The third kappa shape index (κ3) is 2.55. The number of carbonyl (C=O) groups excluding carboxylic acids is 1. The Bertz CT molecular complexity index is 320. The minimum atomic E-state index is -4.79. The van der Waals surface area contributed by atoms with Crippen molar-refractivity contribution in [1.29, 1.82) is 0 Å². The van der Waals surface area contributed by atoms with E-state index in [1.807, 2.05) is 0 Å². The molecule has 1 aromatic heterocycles. The third-order valence-corrected chi connectivity index (χ3v) is 2.00. The molecule has 1 aromatic rings. The summed E-state index contributed by atoms with van der Waals surface area (Å²) in [4.78, 5) is 10.5. The van der Waals surface area contributed by atoms with Crippen molar-refractivity contribution in [2.75, 3.05) is 0 Å². The Morgan fingerprint density at radius 2 is 2.23 bits per heavy atom. The summed E-state index contributed by atoms with van der Waals surface area (Å²) in [6, 6.07) is 0. The molecule has 1 N–H and O–H groups in total. The normalized spacial score (nSPS) is 11.7. The van der Waals surface area contributed by atoms with Crippen LogP contribution in [0.3, 0.4) is 0 Å². The lowest BCUT2D eigenvalue weighted by atomic mass is 10.2. The molecule has 72 valence electrons. The van der Waals surface area contributed by atoms with Crippen LogP contribution in [0.2, 0.25) is 0 Å². The fraction of sp³-hybridized carbons (Fsp3) is 0.333. The van der Waals surface area contributed by atoms with Gasteiger partial charge in [-0.2, -0.15) is 18.3 Å². The zero-order valence-corrected chi connectivity index (χ0v) is 7.74. The Hall–Kier alpha value is -0.850. The van der Waals surface area contributed by atoms with Crippen molar-refractivity contribution in [3.05, 3.63) is 16.4 Å². The summed E-state index contributed by atoms with van der Waals surface area (Å²) in [6.45, 7) is 0. The quantitative estimate of drug-likeness (QED) is 0.878. The van der Waals surface area contributed by atoms with E-state index in [0.29, 0.717) is 4.47 Å². The first-order chi connectivity index (χ1) is 5.91. The van der Waals surface area contributed by atoms with Gasteiger partial charge >= 0.3 is 6.18 Å². The minimum absolute atomic E-state index is 0.127. The van der Waals surface area contributed by atoms with Crippen molar-refractivity contribution >= 4 is 21.7 Å². The van der Waals surface area contributed by atoms with Crippen LogP contribution >= 0.6 is 15.9 Å². The van der Waals surface area contributed by atoms with Gasteiger partial charge in [0.25, 0.3) is 0 Å². The van der Waals surface area contributed by atoms with Crippen LogP contribution in [-0.2, 0) is 11.2 Å². The van der Waals surface area contributed by atoms with Gasteiger partial charge < -0.3 is 0 Å².